The van der Waals surface area contributed by atoms with Gasteiger partial charge in [-0.25, -0.2) is 14.6 Å². The van der Waals surface area contributed by atoms with Crippen molar-refractivity contribution in [3.63, 3.8) is 0 Å². The number of hydrogen-bond acceptors (Lipinski definition) is 9. The van der Waals surface area contributed by atoms with Gasteiger partial charge >= 0.3 is 0 Å². The van der Waals surface area contributed by atoms with Crippen LogP contribution in [0.25, 0.3) is 11.2 Å². The molecule has 326 valence electrons. The first kappa shape index (κ1) is 45.9. The summed E-state index contributed by atoms with van der Waals surface area (Å²) in [6.07, 6.45) is 2.41. The Balaban J connectivity index is 1.71. The van der Waals surface area contributed by atoms with Crippen LogP contribution in [-0.2, 0) is 26.4 Å². The molecule has 1 aliphatic carbocycles. The van der Waals surface area contributed by atoms with E-state index in [-0.39, 0.29) is 40.4 Å². The zero-order chi connectivity index (χ0) is 44.5. The van der Waals surface area contributed by atoms with Crippen LogP contribution in [0.2, 0.25) is 18.1 Å². The SMILES string of the molecule is COc1ccc(C(O[C@H]2C[C@@H](n3cnc4c(=O)n(C)cnc43)[C@H](N(CCC#N)P(=O)(C(C)C)C(C)C)[C@H]2O[Si](C)(C)C(C)(C)C)(c2ccccc2)c2ccc(OC)cc2)cc1. The van der Waals surface area contributed by atoms with E-state index in [4.69, 9.17) is 23.6 Å². The molecular weight excluding hydrogens is 804 g/mol. The lowest BCUT2D eigenvalue weighted by molar-refractivity contribution is -0.0922. The maximum Gasteiger partial charge on any atom is 0.281 e. The number of ether oxygens (including phenoxy) is 3. The molecule has 12 nitrogen and oxygen atoms in total. The maximum absolute atomic E-state index is 16.0. The van der Waals surface area contributed by atoms with Gasteiger partial charge in [0, 0.05) is 31.3 Å². The first-order chi connectivity index (χ1) is 28.8. The Bertz CT molecular complexity index is 2360. The number of methoxy groups -OCH3 is 2. The molecule has 14 heteroatoms. The van der Waals surface area contributed by atoms with Gasteiger partial charge in [0.2, 0.25) is 0 Å². The van der Waals surface area contributed by atoms with E-state index in [1.807, 2.05) is 99.0 Å². The van der Waals surface area contributed by atoms with E-state index in [0.29, 0.717) is 23.6 Å². The van der Waals surface area contributed by atoms with Crippen molar-refractivity contribution in [2.45, 2.75) is 121 Å². The van der Waals surface area contributed by atoms with Gasteiger partial charge in [0.15, 0.2) is 26.8 Å². The lowest BCUT2D eigenvalue weighted by Crippen LogP contribution is -2.55. The van der Waals surface area contributed by atoms with Crippen LogP contribution in [0.5, 0.6) is 11.5 Å². The standard InChI is InChI=1S/C47H63N6O6PSi/c1-32(2)60(55,33(3)4)53(28-16-27-48)42-39(52-31-49-41-44(52)50-30-51(8)45(41)54)29-40(43(42)59-61(11,12)46(5,6)7)58-47(34-17-14-13-15-18-34,35-19-23-37(56-9)24-20-35)36-21-25-38(57-10)26-22-36/h13-15,17-26,30-33,39-40,42-43H,16,28-29H2,1-12H3/t39-,40+,42+,43+/m1/s1. The van der Waals surface area contributed by atoms with Gasteiger partial charge in [-0.15, -0.1) is 0 Å². The van der Waals surface area contributed by atoms with Crippen molar-refractivity contribution in [3.8, 4) is 17.6 Å². The Morgan fingerprint density at radius 2 is 1.41 bits per heavy atom. The number of imidazole rings is 1. The molecule has 1 fully saturated rings. The third kappa shape index (κ3) is 8.50. The molecule has 4 atom stereocenters. The molecule has 0 saturated heterocycles. The fourth-order valence-electron chi connectivity index (χ4n) is 8.73. The third-order valence-corrected chi connectivity index (χ3v) is 21.7. The molecule has 0 bridgehead atoms. The van der Waals surface area contributed by atoms with Gasteiger partial charge in [0.25, 0.3) is 5.56 Å². The van der Waals surface area contributed by atoms with E-state index < -0.39 is 45.5 Å². The van der Waals surface area contributed by atoms with Crippen LogP contribution >= 0.6 is 7.29 Å². The third-order valence-electron chi connectivity index (χ3n) is 13.0. The van der Waals surface area contributed by atoms with Crippen LogP contribution < -0.4 is 15.0 Å². The number of aromatic nitrogens is 4. The molecule has 6 rings (SSSR count). The molecule has 3 aromatic carbocycles. The van der Waals surface area contributed by atoms with Crippen LogP contribution in [0, 0.1) is 11.3 Å². The molecule has 0 radical (unpaired) electrons. The quantitative estimate of drug-likeness (QED) is 0.0537. The number of fused-ring (bicyclic) bond motifs is 1. The first-order valence-electron chi connectivity index (χ1n) is 21.2. The first-order valence-corrected chi connectivity index (χ1v) is 25.9. The van der Waals surface area contributed by atoms with Crippen molar-refractivity contribution in [2.24, 2.45) is 7.05 Å². The Labute approximate surface area is 362 Å². The van der Waals surface area contributed by atoms with Crippen LogP contribution in [-0.4, -0.2) is 82.4 Å². The van der Waals surface area contributed by atoms with Crippen LogP contribution in [0.3, 0.4) is 0 Å². The number of rotatable bonds is 16. The summed E-state index contributed by atoms with van der Waals surface area (Å²) in [5.74, 6) is 1.41. The van der Waals surface area contributed by atoms with Gasteiger partial charge in [0.1, 0.15) is 17.1 Å². The smallest absolute Gasteiger partial charge is 0.281 e. The fraction of sp³-hybridized carbons (Fsp3) is 0.489. The minimum Gasteiger partial charge on any atom is -0.497 e. The monoisotopic (exact) mass is 866 g/mol. The fourth-order valence-corrected chi connectivity index (χ4v) is 13.6. The van der Waals surface area contributed by atoms with Gasteiger partial charge < -0.3 is 32.3 Å². The molecule has 0 amide bonds. The van der Waals surface area contributed by atoms with Crippen molar-refractivity contribution in [2.75, 3.05) is 20.8 Å². The normalized spacial score (nSPS) is 18.9. The second-order valence-corrected chi connectivity index (χ2v) is 26.9. The molecule has 0 aliphatic heterocycles. The average Bonchev–Trinajstić information content (AvgIpc) is 3.82. The minimum absolute atomic E-state index is 0.153. The summed E-state index contributed by atoms with van der Waals surface area (Å²) in [6, 6.07) is 27.4. The van der Waals surface area contributed by atoms with Crippen LogP contribution in [0.15, 0.2) is 96.3 Å². The van der Waals surface area contributed by atoms with Crippen LogP contribution in [0.4, 0.5) is 0 Å². The van der Waals surface area contributed by atoms with E-state index >= 15 is 4.57 Å². The molecule has 5 aromatic rings. The Kier molecular flexibility index (Phi) is 13.6. The molecule has 1 aliphatic rings. The van der Waals surface area contributed by atoms with Crippen molar-refractivity contribution >= 4 is 26.8 Å². The number of nitrogens with zero attached hydrogens (tertiary/aromatic N) is 6. The summed E-state index contributed by atoms with van der Waals surface area (Å²) in [5, 5.41) is 9.96. The second-order valence-electron chi connectivity index (χ2n) is 18.2. The Morgan fingerprint density at radius 3 is 1.90 bits per heavy atom. The maximum atomic E-state index is 16.0. The molecule has 0 N–H and O–H groups in total. The van der Waals surface area contributed by atoms with Gasteiger partial charge in [-0.1, -0.05) is 103 Å². The van der Waals surface area contributed by atoms with Crippen molar-refractivity contribution in [1.29, 1.82) is 5.26 Å². The van der Waals surface area contributed by atoms with E-state index in [1.165, 1.54) is 10.9 Å². The Morgan fingerprint density at radius 1 is 0.869 bits per heavy atom. The minimum atomic E-state index is -3.27. The second kappa shape index (κ2) is 18.0. The summed E-state index contributed by atoms with van der Waals surface area (Å²) in [4.78, 5) is 23.0. The lowest BCUT2D eigenvalue weighted by Gasteiger charge is -2.48. The zero-order valence-electron chi connectivity index (χ0n) is 37.8. The lowest BCUT2D eigenvalue weighted by atomic mass is 9.79. The average molecular weight is 867 g/mol. The zero-order valence-corrected chi connectivity index (χ0v) is 39.7. The molecule has 2 aromatic heterocycles. The summed E-state index contributed by atoms with van der Waals surface area (Å²) < 4.78 is 48.5. The number of nitriles is 1. The highest BCUT2D eigenvalue weighted by atomic mass is 31.2. The number of aryl methyl sites for hydroxylation is 1. The molecule has 61 heavy (non-hydrogen) atoms. The van der Waals surface area contributed by atoms with E-state index in [0.717, 1.165) is 16.7 Å². The van der Waals surface area contributed by atoms with E-state index in [9.17, 15) is 10.1 Å². The van der Waals surface area contributed by atoms with Crippen molar-refractivity contribution in [1.82, 2.24) is 23.8 Å². The molecule has 0 unspecified atom stereocenters. The Hall–Kier alpha value is -4.57. The van der Waals surface area contributed by atoms with E-state index in [1.54, 1.807) is 27.6 Å². The van der Waals surface area contributed by atoms with E-state index in [2.05, 4.69) is 61.7 Å². The van der Waals surface area contributed by atoms with Gasteiger partial charge in [-0.3, -0.25) is 4.79 Å². The van der Waals surface area contributed by atoms with Gasteiger partial charge in [-0.05, 0) is 65.5 Å². The summed E-state index contributed by atoms with van der Waals surface area (Å²) >= 11 is 0. The van der Waals surface area contributed by atoms with Crippen molar-refractivity contribution in [3.05, 3.63) is 119 Å². The topological polar surface area (TPSA) is 134 Å². The molecular formula is C47H63N6O6PSi. The molecule has 1 saturated carbocycles. The van der Waals surface area contributed by atoms with Crippen molar-refractivity contribution < 1.29 is 23.2 Å². The summed E-state index contributed by atoms with van der Waals surface area (Å²) in [7, 11) is -0.966. The number of hydrogen-bond donors (Lipinski definition) is 0. The predicted molar refractivity (Wildman–Crippen MR) is 244 cm³/mol. The predicted octanol–water partition coefficient (Wildman–Crippen LogP) is 9.54. The molecule has 0 spiro atoms. The highest BCUT2D eigenvalue weighted by Gasteiger charge is 2.58. The van der Waals surface area contributed by atoms with Crippen LogP contribution in [0.1, 0.15) is 84.0 Å². The highest BCUT2D eigenvalue weighted by Crippen LogP contribution is 2.62. The van der Waals surface area contributed by atoms with Gasteiger partial charge in [0.05, 0.1) is 57.2 Å². The number of benzene rings is 3. The summed E-state index contributed by atoms with van der Waals surface area (Å²) in [5.41, 5.74) is 1.33. The largest absolute Gasteiger partial charge is 0.497 e. The van der Waals surface area contributed by atoms with Gasteiger partial charge in [-0.2, -0.15) is 5.26 Å². The highest BCUT2D eigenvalue weighted by molar-refractivity contribution is 7.62. The summed E-state index contributed by atoms with van der Waals surface area (Å²) in [6.45, 7) is 19.4. The molecule has 2 heterocycles.